The van der Waals surface area contributed by atoms with E-state index in [-0.39, 0.29) is 11.7 Å². The SMILES string of the molecule is COc1ccc(OCCN2CCN(C(=O)Cc3ccc(F)cc3)CC2)cc1. The van der Waals surface area contributed by atoms with E-state index in [1.165, 1.54) is 12.1 Å². The molecule has 6 heteroatoms. The van der Waals surface area contributed by atoms with E-state index in [9.17, 15) is 9.18 Å². The lowest BCUT2D eigenvalue weighted by Crippen LogP contribution is -2.49. The maximum atomic E-state index is 12.9. The molecule has 0 spiro atoms. The van der Waals surface area contributed by atoms with E-state index in [1.807, 2.05) is 29.2 Å². The number of halogens is 1. The van der Waals surface area contributed by atoms with Gasteiger partial charge in [0.05, 0.1) is 13.5 Å². The minimum absolute atomic E-state index is 0.0933. The summed E-state index contributed by atoms with van der Waals surface area (Å²) in [5.41, 5.74) is 0.844. The molecule has 1 saturated heterocycles. The van der Waals surface area contributed by atoms with Crippen LogP contribution in [0.2, 0.25) is 0 Å². The van der Waals surface area contributed by atoms with Crippen LogP contribution in [-0.4, -0.2) is 62.1 Å². The van der Waals surface area contributed by atoms with Crippen LogP contribution in [-0.2, 0) is 11.2 Å². The molecule has 2 aromatic carbocycles. The Labute approximate surface area is 159 Å². The van der Waals surface area contributed by atoms with Crippen LogP contribution < -0.4 is 9.47 Å². The van der Waals surface area contributed by atoms with Crippen molar-refractivity contribution in [3.05, 3.63) is 59.9 Å². The highest BCUT2D eigenvalue weighted by Gasteiger charge is 2.21. The van der Waals surface area contributed by atoms with Gasteiger partial charge in [-0.2, -0.15) is 0 Å². The monoisotopic (exact) mass is 372 g/mol. The van der Waals surface area contributed by atoms with Gasteiger partial charge in [0.25, 0.3) is 0 Å². The zero-order valence-electron chi connectivity index (χ0n) is 15.6. The zero-order valence-corrected chi connectivity index (χ0v) is 15.6. The second kappa shape index (κ2) is 9.37. The second-order valence-corrected chi connectivity index (χ2v) is 6.55. The minimum atomic E-state index is -0.281. The van der Waals surface area contributed by atoms with Crippen LogP contribution in [0.1, 0.15) is 5.56 Å². The van der Waals surface area contributed by atoms with Gasteiger partial charge in [0.15, 0.2) is 0 Å². The van der Waals surface area contributed by atoms with Crippen LogP contribution in [0.3, 0.4) is 0 Å². The Bertz CT molecular complexity index is 726. The van der Waals surface area contributed by atoms with Crippen molar-refractivity contribution < 1.29 is 18.7 Å². The molecule has 5 nitrogen and oxygen atoms in total. The predicted molar refractivity (Wildman–Crippen MR) is 102 cm³/mol. The van der Waals surface area contributed by atoms with Crippen LogP contribution in [0.25, 0.3) is 0 Å². The summed E-state index contributed by atoms with van der Waals surface area (Å²) in [7, 11) is 1.64. The molecular weight excluding hydrogens is 347 g/mol. The van der Waals surface area contributed by atoms with Crippen LogP contribution in [0, 0.1) is 5.82 Å². The number of hydrogen-bond acceptors (Lipinski definition) is 4. The van der Waals surface area contributed by atoms with Crippen LogP contribution in [0.15, 0.2) is 48.5 Å². The molecule has 0 saturated carbocycles. The molecule has 1 aliphatic rings. The number of carbonyl (C=O) groups is 1. The van der Waals surface area contributed by atoms with Crippen molar-refractivity contribution in [2.75, 3.05) is 46.4 Å². The average molecular weight is 372 g/mol. The Hall–Kier alpha value is -2.60. The third-order valence-corrected chi connectivity index (χ3v) is 4.73. The number of ether oxygens (including phenoxy) is 2. The van der Waals surface area contributed by atoms with E-state index in [0.29, 0.717) is 26.1 Å². The van der Waals surface area contributed by atoms with Crippen molar-refractivity contribution in [3.8, 4) is 11.5 Å². The first-order valence-electron chi connectivity index (χ1n) is 9.15. The zero-order chi connectivity index (χ0) is 19.1. The molecule has 144 valence electrons. The largest absolute Gasteiger partial charge is 0.497 e. The lowest BCUT2D eigenvalue weighted by molar-refractivity contribution is -0.132. The molecule has 27 heavy (non-hydrogen) atoms. The highest BCUT2D eigenvalue weighted by Crippen LogP contribution is 2.17. The molecule has 1 fully saturated rings. The summed E-state index contributed by atoms with van der Waals surface area (Å²) in [5.74, 6) is 1.44. The molecule has 0 unspecified atom stereocenters. The summed E-state index contributed by atoms with van der Waals surface area (Å²) < 4.78 is 23.8. The van der Waals surface area contributed by atoms with Gasteiger partial charge in [-0.25, -0.2) is 4.39 Å². The van der Waals surface area contributed by atoms with E-state index in [0.717, 1.165) is 36.7 Å². The van der Waals surface area contributed by atoms with Crippen molar-refractivity contribution in [2.24, 2.45) is 0 Å². The summed E-state index contributed by atoms with van der Waals surface area (Å²) >= 11 is 0. The number of nitrogens with zero attached hydrogens (tertiary/aromatic N) is 2. The van der Waals surface area contributed by atoms with E-state index >= 15 is 0 Å². The summed E-state index contributed by atoms with van der Waals surface area (Å²) in [4.78, 5) is 16.6. The van der Waals surface area contributed by atoms with Gasteiger partial charge in [-0.1, -0.05) is 12.1 Å². The van der Waals surface area contributed by atoms with Gasteiger partial charge in [-0.05, 0) is 42.0 Å². The van der Waals surface area contributed by atoms with E-state index < -0.39 is 0 Å². The standard InChI is InChI=1S/C21H25FN2O3/c1-26-19-6-8-20(9-7-19)27-15-14-23-10-12-24(13-11-23)21(25)16-17-2-4-18(22)5-3-17/h2-9H,10-16H2,1H3. The second-order valence-electron chi connectivity index (χ2n) is 6.55. The van der Waals surface area contributed by atoms with Gasteiger partial charge in [0.1, 0.15) is 23.9 Å². The number of rotatable bonds is 7. The minimum Gasteiger partial charge on any atom is -0.497 e. The summed E-state index contributed by atoms with van der Waals surface area (Å²) in [6, 6.07) is 13.7. The van der Waals surface area contributed by atoms with Gasteiger partial charge < -0.3 is 14.4 Å². The quantitative estimate of drug-likeness (QED) is 0.749. The molecule has 1 heterocycles. The Kier molecular flexibility index (Phi) is 6.65. The van der Waals surface area contributed by atoms with Crippen molar-refractivity contribution in [1.82, 2.24) is 9.80 Å². The Morgan fingerprint density at radius 2 is 1.59 bits per heavy atom. The summed E-state index contributed by atoms with van der Waals surface area (Å²) in [5, 5.41) is 0. The Morgan fingerprint density at radius 1 is 0.963 bits per heavy atom. The predicted octanol–water partition coefficient (Wildman–Crippen LogP) is 2.60. The molecule has 0 aliphatic carbocycles. The first kappa shape index (κ1) is 19.2. The number of carbonyl (C=O) groups excluding carboxylic acids is 1. The Balaban J connectivity index is 1.36. The molecule has 0 atom stereocenters. The van der Waals surface area contributed by atoms with Crippen LogP contribution in [0.5, 0.6) is 11.5 Å². The summed E-state index contributed by atoms with van der Waals surface area (Å²) in [6.07, 6.45) is 0.320. The highest BCUT2D eigenvalue weighted by molar-refractivity contribution is 5.78. The van der Waals surface area contributed by atoms with E-state index in [4.69, 9.17) is 9.47 Å². The number of amides is 1. The topological polar surface area (TPSA) is 42.0 Å². The number of benzene rings is 2. The highest BCUT2D eigenvalue weighted by atomic mass is 19.1. The Morgan fingerprint density at radius 3 is 2.22 bits per heavy atom. The maximum Gasteiger partial charge on any atom is 0.227 e. The number of piperazine rings is 1. The molecule has 0 aromatic heterocycles. The van der Waals surface area contributed by atoms with E-state index in [2.05, 4.69) is 4.90 Å². The van der Waals surface area contributed by atoms with Crippen LogP contribution >= 0.6 is 0 Å². The first-order valence-corrected chi connectivity index (χ1v) is 9.15. The van der Waals surface area contributed by atoms with Gasteiger partial charge in [0.2, 0.25) is 5.91 Å². The lowest BCUT2D eigenvalue weighted by atomic mass is 10.1. The first-order chi connectivity index (χ1) is 13.1. The number of methoxy groups -OCH3 is 1. The fourth-order valence-electron chi connectivity index (χ4n) is 3.07. The molecule has 2 aromatic rings. The average Bonchev–Trinajstić information content (AvgIpc) is 2.71. The van der Waals surface area contributed by atoms with Gasteiger partial charge >= 0.3 is 0 Å². The third kappa shape index (κ3) is 5.69. The van der Waals surface area contributed by atoms with Crippen molar-refractivity contribution in [3.63, 3.8) is 0 Å². The fourth-order valence-corrected chi connectivity index (χ4v) is 3.07. The molecule has 0 N–H and O–H groups in total. The maximum absolute atomic E-state index is 12.9. The van der Waals surface area contributed by atoms with Crippen molar-refractivity contribution >= 4 is 5.91 Å². The lowest BCUT2D eigenvalue weighted by Gasteiger charge is -2.34. The molecule has 3 rings (SSSR count). The van der Waals surface area contributed by atoms with Gasteiger partial charge in [0, 0.05) is 32.7 Å². The molecule has 1 aliphatic heterocycles. The third-order valence-electron chi connectivity index (χ3n) is 4.73. The van der Waals surface area contributed by atoms with Gasteiger partial charge in [-0.3, -0.25) is 9.69 Å². The molecule has 0 radical (unpaired) electrons. The molecular formula is C21H25FN2O3. The smallest absolute Gasteiger partial charge is 0.227 e. The summed E-state index contributed by atoms with van der Waals surface area (Å²) in [6.45, 7) is 4.52. The van der Waals surface area contributed by atoms with Gasteiger partial charge in [-0.15, -0.1) is 0 Å². The van der Waals surface area contributed by atoms with E-state index in [1.54, 1.807) is 19.2 Å². The van der Waals surface area contributed by atoms with Crippen molar-refractivity contribution in [2.45, 2.75) is 6.42 Å². The normalized spacial score (nSPS) is 14.8. The molecule has 0 bridgehead atoms. The van der Waals surface area contributed by atoms with Crippen LogP contribution in [0.4, 0.5) is 4.39 Å². The molecule has 1 amide bonds. The van der Waals surface area contributed by atoms with Crippen molar-refractivity contribution in [1.29, 1.82) is 0 Å². The fraction of sp³-hybridized carbons (Fsp3) is 0.381. The number of hydrogen-bond donors (Lipinski definition) is 0.